The Balaban J connectivity index is 2.33. The van der Waals surface area contributed by atoms with Gasteiger partial charge in [-0.3, -0.25) is 0 Å². The molecular formula is C15H22BrClN2. The van der Waals surface area contributed by atoms with E-state index < -0.39 is 0 Å². The van der Waals surface area contributed by atoms with Crippen molar-refractivity contribution in [1.82, 2.24) is 5.32 Å². The molecule has 1 N–H and O–H groups in total. The van der Waals surface area contributed by atoms with Crippen LogP contribution in [-0.4, -0.2) is 25.2 Å². The van der Waals surface area contributed by atoms with Gasteiger partial charge in [-0.25, -0.2) is 0 Å². The summed E-state index contributed by atoms with van der Waals surface area (Å²) >= 11 is 9.96. The molecule has 0 bridgehead atoms. The van der Waals surface area contributed by atoms with Gasteiger partial charge in [0.05, 0.1) is 10.7 Å². The molecule has 2 atom stereocenters. The van der Waals surface area contributed by atoms with Gasteiger partial charge in [-0.2, -0.15) is 0 Å². The summed E-state index contributed by atoms with van der Waals surface area (Å²) in [6, 6.07) is 7.15. The summed E-state index contributed by atoms with van der Waals surface area (Å²) in [7, 11) is 0. The standard InChI is InChI=1S/C15H22BrClN2/c1-4-12-9-19(15(8-18-12)10(2)3)14-7-11(16)5-6-13(14)17/h5-7,10,12,15,18H,4,8-9H2,1-3H3. The third-order valence-electron chi connectivity index (χ3n) is 3.91. The van der Waals surface area contributed by atoms with Gasteiger partial charge in [0, 0.05) is 29.6 Å². The van der Waals surface area contributed by atoms with E-state index in [1.807, 2.05) is 12.1 Å². The number of nitrogens with one attached hydrogen (secondary N) is 1. The van der Waals surface area contributed by atoms with Crippen molar-refractivity contribution in [2.45, 2.75) is 39.3 Å². The van der Waals surface area contributed by atoms with E-state index in [2.05, 4.69) is 53.0 Å². The van der Waals surface area contributed by atoms with Gasteiger partial charge in [0.1, 0.15) is 0 Å². The normalized spacial score (nSPS) is 24.0. The summed E-state index contributed by atoms with van der Waals surface area (Å²) in [5.74, 6) is 0.598. The lowest BCUT2D eigenvalue weighted by atomic mass is 9.97. The zero-order chi connectivity index (χ0) is 14.0. The van der Waals surface area contributed by atoms with Crippen LogP contribution in [0.1, 0.15) is 27.2 Å². The Bertz CT molecular complexity index is 436. The van der Waals surface area contributed by atoms with Gasteiger partial charge in [-0.05, 0) is 30.5 Å². The minimum Gasteiger partial charge on any atom is -0.364 e. The molecule has 1 aromatic rings. The predicted molar refractivity (Wildman–Crippen MR) is 87.2 cm³/mol. The SMILES string of the molecule is CCC1CN(c2cc(Br)ccc2Cl)C(C(C)C)CN1. The first-order valence-electron chi connectivity index (χ1n) is 6.98. The van der Waals surface area contributed by atoms with Gasteiger partial charge in [-0.15, -0.1) is 0 Å². The minimum atomic E-state index is 0.495. The van der Waals surface area contributed by atoms with E-state index in [9.17, 15) is 0 Å². The Morgan fingerprint density at radius 3 is 2.84 bits per heavy atom. The van der Waals surface area contributed by atoms with Crippen LogP contribution in [0.5, 0.6) is 0 Å². The fraction of sp³-hybridized carbons (Fsp3) is 0.600. The Morgan fingerprint density at radius 2 is 2.21 bits per heavy atom. The first kappa shape index (κ1) is 15.1. The van der Waals surface area contributed by atoms with Crippen LogP contribution in [0, 0.1) is 5.92 Å². The van der Waals surface area contributed by atoms with Crippen molar-refractivity contribution in [1.29, 1.82) is 0 Å². The molecule has 0 radical (unpaired) electrons. The molecule has 2 rings (SSSR count). The number of piperazine rings is 1. The second-order valence-electron chi connectivity index (χ2n) is 5.57. The number of hydrogen-bond acceptors (Lipinski definition) is 2. The lowest BCUT2D eigenvalue weighted by molar-refractivity contribution is 0.333. The van der Waals surface area contributed by atoms with Crippen LogP contribution < -0.4 is 10.2 Å². The second kappa shape index (κ2) is 6.47. The molecule has 19 heavy (non-hydrogen) atoms. The number of nitrogens with zero attached hydrogens (tertiary/aromatic N) is 1. The largest absolute Gasteiger partial charge is 0.364 e. The van der Waals surface area contributed by atoms with Gasteiger partial charge < -0.3 is 10.2 Å². The van der Waals surface area contributed by atoms with E-state index in [1.165, 1.54) is 0 Å². The number of benzene rings is 1. The molecule has 1 fully saturated rings. The summed E-state index contributed by atoms with van der Waals surface area (Å²) in [5, 5.41) is 4.48. The van der Waals surface area contributed by atoms with Crippen molar-refractivity contribution in [2.75, 3.05) is 18.0 Å². The molecule has 4 heteroatoms. The molecule has 2 unspecified atom stereocenters. The highest BCUT2D eigenvalue weighted by Crippen LogP contribution is 2.33. The molecule has 0 spiro atoms. The molecular weight excluding hydrogens is 324 g/mol. The first-order chi connectivity index (χ1) is 9.02. The molecule has 1 aromatic carbocycles. The maximum absolute atomic E-state index is 6.41. The van der Waals surface area contributed by atoms with E-state index in [4.69, 9.17) is 11.6 Å². The first-order valence-corrected chi connectivity index (χ1v) is 8.15. The summed E-state index contributed by atoms with van der Waals surface area (Å²) in [4.78, 5) is 2.47. The van der Waals surface area contributed by atoms with E-state index in [1.54, 1.807) is 0 Å². The molecule has 1 heterocycles. The monoisotopic (exact) mass is 344 g/mol. The zero-order valence-corrected chi connectivity index (χ0v) is 14.1. The quantitative estimate of drug-likeness (QED) is 0.878. The van der Waals surface area contributed by atoms with Crippen LogP contribution in [-0.2, 0) is 0 Å². The molecule has 2 nitrogen and oxygen atoms in total. The molecule has 0 saturated carbocycles. The Kier molecular flexibility index (Phi) is 5.15. The smallest absolute Gasteiger partial charge is 0.0640 e. The summed E-state index contributed by atoms with van der Waals surface area (Å²) in [6.07, 6.45) is 1.15. The van der Waals surface area contributed by atoms with Crippen molar-refractivity contribution in [3.63, 3.8) is 0 Å². The zero-order valence-electron chi connectivity index (χ0n) is 11.8. The molecule has 0 aliphatic carbocycles. The maximum Gasteiger partial charge on any atom is 0.0640 e. The average molecular weight is 346 g/mol. The summed E-state index contributed by atoms with van der Waals surface area (Å²) < 4.78 is 1.08. The molecule has 1 saturated heterocycles. The van der Waals surface area contributed by atoms with Gasteiger partial charge in [-0.1, -0.05) is 48.3 Å². The van der Waals surface area contributed by atoms with Crippen LogP contribution in [0.3, 0.4) is 0 Å². The van der Waals surface area contributed by atoms with Crippen molar-refractivity contribution in [2.24, 2.45) is 5.92 Å². The van der Waals surface area contributed by atoms with Gasteiger partial charge in [0.25, 0.3) is 0 Å². The molecule has 1 aliphatic heterocycles. The molecule has 106 valence electrons. The van der Waals surface area contributed by atoms with Gasteiger partial charge >= 0.3 is 0 Å². The van der Waals surface area contributed by atoms with Crippen molar-refractivity contribution < 1.29 is 0 Å². The minimum absolute atomic E-state index is 0.495. The Morgan fingerprint density at radius 1 is 1.47 bits per heavy atom. The summed E-state index contributed by atoms with van der Waals surface area (Å²) in [5.41, 5.74) is 1.15. The van der Waals surface area contributed by atoms with Gasteiger partial charge in [0.2, 0.25) is 0 Å². The van der Waals surface area contributed by atoms with Crippen LogP contribution in [0.4, 0.5) is 5.69 Å². The number of anilines is 1. The van der Waals surface area contributed by atoms with E-state index >= 15 is 0 Å². The topological polar surface area (TPSA) is 15.3 Å². The highest BCUT2D eigenvalue weighted by Gasteiger charge is 2.30. The lowest BCUT2D eigenvalue weighted by Gasteiger charge is -2.44. The fourth-order valence-electron chi connectivity index (χ4n) is 2.69. The fourth-order valence-corrected chi connectivity index (χ4v) is 3.26. The van der Waals surface area contributed by atoms with Crippen LogP contribution >= 0.6 is 27.5 Å². The third-order valence-corrected chi connectivity index (χ3v) is 4.73. The number of halogens is 2. The highest BCUT2D eigenvalue weighted by atomic mass is 79.9. The second-order valence-corrected chi connectivity index (χ2v) is 6.90. The molecule has 0 amide bonds. The lowest BCUT2D eigenvalue weighted by Crippen LogP contribution is -2.58. The van der Waals surface area contributed by atoms with Crippen molar-refractivity contribution in [3.8, 4) is 0 Å². The predicted octanol–water partition coefficient (Wildman–Crippen LogP) is 4.32. The van der Waals surface area contributed by atoms with E-state index in [0.717, 1.165) is 34.7 Å². The molecule has 1 aliphatic rings. The van der Waals surface area contributed by atoms with E-state index in [0.29, 0.717) is 18.0 Å². The van der Waals surface area contributed by atoms with Crippen LogP contribution in [0.15, 0.2) is 22.7 Å². The maximum atomic E-state index is 6.41. The van der Waals surface area contributed by atoms with Gasteiger partial charge in [0.15, 0.2) is 0 Å². The summed E-state index contributed by atoms with van der Waals surface area (Å²) in [6.45, 7) is 8.83. The van der Waals surface area contributed by atoms with Crippen LogP contribution in [0.25, 0.3) is 0 Å². The number of rotatable bonds is 3. The molecule has 0 aromatic heterocycles. The average Bonchev–Trinajstić information content (AvgIpc) is 2.40. The number of hydrogen-bond donors (Lipinski definition) is 1. The van der Waals surface area contributed by atoms with Crippen molar-refractivity contribution in [3.05, 3.63) is 27.7 Å². The highest BCUT2D eigenvalue weighted by molar-refractivity contribution is 9.10. The van der Waals surface area contributed by atoms with E-state index in [-0.39, 0.29) is 0 Å². The Labute approximate surface area is 129 Å². The third kappa shape index (κ3) is 3.45. The van der Waals surface area contributed by atoms with Crippen molar-refractivity contribution >= 4 is 33.2 Å². The van der Waals surface area contributed by atoms with Crippen LogP contribution in [0.2, 0.25) is 5.02 Å². The Hall–Kier alpha value is -0.250.